The summed E-state index contributed by atoms with van der Waals surface area (Å²) in [7, 11) is 0. The van der Waals surface area contributed by atoms with Crippen molar-refractivity contribution in [1.29, 1.82) is 0 Å². The van der Waals surface area contributed by atoms with Crippen molar-refractivity contribution in [1.82, 2.24) is 0 Å². The van der Waals surface area contributed by atoms with Crippen LogP contribution in [0.3, 0.4) is 0 Å². The highest BCUT2D eigenvalue weighted by atomic mass is 16.5. The first-order valence-corrected chi connectivity index (χ1v) is 15.0. The van der Waals surface area contributed by atoms with Gasteiger partial charge in [-0.2, -0.15) is 0 Å². The summed E-state index contributed by atoms with van der Waals surface area (Å²) in [6.07, 6.45) is 23.9. The lowest BCUT2D eigenvalue weighted by Crippen LogP contribution is -2.37. The van der Waals surface area contributed by atoms with Gasteiger partial charge in [0.1, 0.15) is 17.1 Å². The Kier molecular flexibility index (Phi) is 13.7. The van der Waals surface area contributed by atoms with Crippen molar-refractivity contribution in [2.45, 2.75) is 156 Å². The summed E-state index contributed by atoms with van der Waals surface area (Å²) in [4.78, 5) is 11.0. The van der Waals surface area contributed by atoms with Gasteiger partial charge in [0.05, 0.1) is 0 Å². The molecule has 0 bridgehead atoms. The minimum absolute atomic E-state index is 0.114. The van der Waals surface area contributed by atoms with Crippen LogP contribution in [0, 0.1) is 20.8 Å². The maximum atomic E-state index is 11.0. The van der Waals surface area contributed by atoms with Crippen LogP contribution in [0.2, 0.25) is 0 Å². The zero-order valence-corrected chi connectivity index (χ0v) is 24.1. The lowest BCUT2D eigenvalue weighted by molar-refractivity contribution is -0.139. The number of unbranched alkanes of at least 4 members (excludes halogenated alkanes) is 14. The highest BCUT2D eigenvalue weighted by molar-refractivity contribution is 5.69. The standard InChI is InChI=1S/C32H54O4/c1-6-7-8-9-10-11-12-13-14-15-16-17-18-19-20-22-32(5)23-21-28-27(4)30(35-24-29(33)34)25(2)26(3)31(28)36-32/h6-24H2,1-5H3,(H,33,34). The molecule has 0 fully saturated rings. The average Bonchev–Trinajstić information content (AvgIpc) is 2.84. The molecule has 1 aliphatic heterocycles. The van der Waals surface area contributed by atoms with Gasteiger partial charge in [0.2, 0.25) is 0 Å². The molecule has 0 radical (unpaired) electrons. The Balaban J connectivity index is 1.63. The van der Waals surface area contributed by atoms with E-state index >= 15 is 0 Å². The van der Waals surface area contributed by atoms with Crippen LogP contribution in [0.15, 0.2) is 0 Å². The van der Waals surface area contributed by atoms with Crippen LogP contribution in [-0.2, 0) is 11.2 Å². The lowest BCUT2D eigenvalue weighted by atomic mass is 9.84. The molecule has 1 aromatic carbocycles. The van der Waals surface area contributed by atoms with Crippen molar-refractivity contribution in [3.05, 3.63) is 22.3 Å². The van der Waals surface area contributed by atoms with E-state index in [2.05, 4.69) is 20.8 Å². The Morgan fingerprint density at radius 1 is 0.806 bits per heavy atom. The number of carboxylic acids is 1. The van der Waals surface area contributed by atoms with E-state index in [1.54, 1.807) is 0 Å². The number of carboxylic acid groups (broad SMARTS) is 1. The minimum atomic E-state index is -0.948. The second-order valence-electron chi connectivity index (χ2n) is 11.4. The lowest BCUT2D eigenvalue weighted by Gasteiger charge is -2.38. The van der Waals surface area contributed by atoms with Gasteiger partial charge in [0, 0.05) is 5.56 Å². The van der Waals surface area contributed by atoms with E-state index in [-0.39, 0.29) is 12.2 Å². The van der Waals surface area contributed by atoms with Gasteiger partial charge in [0.25, 0.3) is 0 Å². The quantitative estimate of drug-likeness (QED) is 0.191. The first kappa shape index (κ1) is 30.5. The molecule has 1 atom stereocenters. The summed E-state index contributed by atoms with van der Waals surface area (Å²) >= 11 is 0. The van der Waals surface area contributed by atoms with Crippen molar-refractivity contribution >= 4 is 5.97 Å². The monoisotopic (exact) mass is 502 g/mol. The molecule has 1 unspecified atom stereocenters. The van der Waals surface area contributed by atoms with Crippen LogP contribution >= 0.6 is 0 Å². The highest BCUT2D eigenvalue weighted by Crippen LogP contribution is 2.44. The Bertz CT molecular complexity index is 800. The second-order valence-corrected chi connectivity index (χ2v) is 11.4. The van der Waals surface area contributed by atoms with Crippen LogP contribution in [-0.4, -0.2) is 23.3 Å². The van der Waals surface area contributed by atoms with Gasteiger partial charge in [-0.25, -0.2) is 4.79 Å². The van der Waals surface area contributed by atoms with E-state index in [4.69, 9.17) is 14.6 Å². The highest BCUT2D eigenvalue weighted by Gasteiger charge is 2.34. The van der Waals surface area contributed by atoms with Gasteiger partial charge in [-0.1, -0.05) is 96.8 Å². The predicted octanol–water partition coefficient (Wildman–Crippen LogP) is 9.42. The Morgan fingerprint density at radius 2 is 1.31 bits per heavy atom. The molecule has 0 aliphatic carbocycles. The first-order valence-electron chi connectivity index (χ1n) is 15.0. The van der Waals surface area contributed by atoms with E-state index in [9.17, 15) is 4.79 Å². The van der Waals surface area contributed by atoms with Gasteiger partial charge in [-0.3, -0.25) is 0 Å². The van der Waals surface area contributed by atoms with Crippen molar-refractivity contribution < 1.29 is 19.4 Å². The Hall–Kier alpha value is -1.71. The zero-order chi connectivity index (χ0) is 26.4. The van der Waals surface area contributed by atoms with Crippen LogP contribution in [0.1, 0.15) is 145 Å². The molecule has 36 heavy (non-hydrogen) atoms. The third-order valence-electron chi connectivity index (χ3n) is 8.21. The maximum absolute atomic E-state index is 11.0. The molecule has 2 rings (SSSR count). The topological polar surface area (TPSA) is 55.8 Å². The molecule has 0 spiro atoms. The van der Waals surface area contributed by atoms with Gasteiger partial charge in [0.15, 0.2) is 6.61 Å². The predicted molar refractivity (Wildman–Crippen MR) is 151 cm³/mol. The Labute approximate surface area is 221 Å². The van der Waals surface area contributed by atoms with Gasteiger partial charge >= 0.3 is 5.97 Å². The molecule has 1 aliphatic rings. The van der Waals surface area contributed by atoms with E-state index < -0.39 is 5.97 Å². The fourth-order valence-corrected chi connectivity index (χ4v) is 5.68. The van der Waals surface area contributed by atoms with Crippen LogP contribution < -0.4 is 9.47 Å². The first-order chi connectivity index (χ1) is 17.3. The molecule has 1 heterocycles. The molecule has 0 saturated heterocycles. The van der Waals surface area contributed by atoms with Gasteiger partial charge in [-0.05, 0) is 70.1 Å². The van der Waals surface area contributed by atoms with E-state index in [1.807, 2.05) is 13.8 Å². The SMILES string of the molecule is CCCCCCCCCCCCCCCCCC1(C)CCc2c(C)c(OCC(=O)O)c(C)c(C)c2O1. The molecule has 4 heteroatoms. The number of fused-ring (bicyclic) bond motifs is 1. The third kappa shape index (κ3) is 9.98. The minimum Gasteiger partial charge on any atom is -0.487 e. The summed E-state index contributed by atoms with van der Waals surface area (Å²) < 4.78 is 12.3. The van der Waals surface area contributed by atoms with Crippen LogP contribution in [0.25, 0.3) is 0 Å². The number of hydrogen-bond acceptors (Lipinski definition) is 3. The van der Waals surface area contributed by atoms with E-state index in [0.29, 0.717) is 5.75 Å². The molecule has 1 aromatic rings. The normalized spacial score (nSPS) is 17.0. The number of ether oxygens (including phenoxy) is 2. The van der Waals surface area contributed by atoms with Crippen LogP contribution in [0.4, 0.5) is 0 Å². The fraction of sp³-hybridized carbons (Fsp3) is 0.781. The van der Waals surface area contributed by atoms with Crippen molar-refractivity contribution in [3.63, 3.8) is 0 Å². The zero-order valence-electron chi connectivity index (χ0n) is 24.1. The summed E-state index contributed by atoms with van der Waals surface area (Å²) in [5.41, 5.74) is 4.18. The summed E-state index contributed by atoms with van der Waals surface area (Å²) in [5, 5.41) is 9.01. The largest absolute Gasteiger partial charge is 0.487 e. The molecule has 0 amide bonds. The molecule has 4 nitrogen and oxygen atoms in total. The number of benzene rings is 1. The number of rotatable bonds is 19. The van der Waals surface area contributed by atoms with E-state index in [1.165, 1.54) is 102 Å². The van der Waals surface area contributed by atoms with Gasteiger partial charge in [-0.15, -0.1) is 0 Å². The number of carbonyl (C=O) groups is 1. The Morgan fingerprint density at radius 3 is 1.81 bits per heavy atom. The van der Waals surface area contributed by atoms with Crippen molar-refractivity contribution in [3.8, 4) is 11.5 Å². The van der Waals surface area contributed by atoms with Crippen molar-refractivity contribution in [2.24, 2.45) is 0 Å². The average molecular weight is 503 g/mol. The van der Waals surface area contributed by atoms with Gasteiger partial charge < -0.3 is 14.6 Å². The second kappa shape index (κ2) is 16.2. The van der Waals surface area contributed by atoms with E-state index in [0.717, 1.165) is 41.7 Å². The smallest absolute Gasteiger partial charge is 0.341 e. The summed E-state index contributed by atoms with van der Waals surface area (Å²) in [6.45, 7) is 10.3. The fourth-order valence-electron chi connectivity index (χ4n) is 5.68. The molecule has 206 valence electrons. The summed E-state index contributed by atoms with van der Waals surface area (Å²) in [5.74, 6) is 0.766. The molecule has 0 saturated carbocycles. The molecule has 1 N–H and O–H groups in total. The third-order valence-corrected chi connectivity index (χ3v) is 8.21. The number of hydrogen-bond donors (Lipinski definition) is 1. The summed E-state index contributed by atoms with van der Waals surface area (Å²) in [6, 6.07) is 0. The van der Waals surface area contributed by atoms with Crippen LogP contribution in [0.5, 0.6) is 11.5 Å². The maximum Gasteiger partial charge on any atom is 0.341 e. The molecular formula is C32H54O4. The molecular weight excluding hydrogens is 448 g/mol. The number of aliphatic carboxylic acids is 1. The molecule has 0 aromatic heterocycles. The van der Waals surface area contributed by atoms with Crippen molar-refractivity contribution in [2.75, 3.05) is 6.61 Å².